The number of anilines is 1. The Morgan fingerprint density at radius 1 is 0.912 bits per heavy atom. The van der Waals surface area contributed by atoms with Gasteiger partial charge in [-0.25, -0.2) is 0 Å². The van der Waals surface area contributed by atoms with Gasteiger partial charge in [-0.2, -0.15) is 16.8 Å². The molecule has 0 aliphatic carbocycles. The number of carbonyl (C=O) groups excluding carboxylic acids is 1. The monoisotopic (exact) mass is 511 g/mol. The topological polar surface area (TPSA) is 177 Å². The zero-order chi connectivity index (χ0) is 25.3. The first kappa shape index (κ1) is 25.2. The summed E-state index contributed by atoms with van der Waals surface area (Å²) in [7, 11) is -9.70. The lowest BCUT2D eigenvalue weighted by Gasteiger charge is -2.15. The Bertz CT molecular complexity index is 1480. The molecule has 4 N–H and O–H groups in total. The normalized spacial score (nSPS) is 11.9. The molecule has 1 amide bonds. The van der Waals surface area contributed by atoms with E-state index in [1.807, 2.05) is 0 Å². The first-order chi connectivity index (χ1) is 15.9. The fourth-order valence-corrected chi connectivity index (χ4v) is 4.51. The SMILES string of the molecule is CCOc1ccc(OCC)c(C(=O)Nc2ccc(S(=O)(=O)O)c3cc(S(=O)(=O)O)cc(O)c23)c1. The minimum atomic E-state index is -4.87. The van der Waals surface area contributed by atoms with Crippen LogP contribution in [0.3, 0.4) is 0 Å². The van der Waals surface area contributed by atoms with Crippen LogP contribution >= 0.6 is 0 Å². The molecular weight excluding hydrogens is 490 g/mol. The van der Waals surface area contributed by atoms with Crippen molar-refractivity contribution in [3.63, 3.8) is 0 Å². The molecule has 0 bridgehead atoms. The van der Waals surface area contributed by atoms with E-state index in [4.69, 9.17) is 9.47 Å². The van der Waals surface area contributed by atoms with E-state index >= 15 is 0 Å². The zero-order valence-corrected chi connectivity index (χ0v) is 19.6. The van der Waals surface area contributed by atoms with Gasteiger partial charge in [-0.3, -0.25) is 13.9 Å². The number of rotatable bonds is 8. The molecule has 0 atom stereocenters. The predicted octanol–water partition coefficient (Wildman–Crippen LogP) is 3.09. The van der Waals surface area contributed by atoms with Crippen molar-refractivity contribution < 1.29 is 45.3 Å². The molecular formula is C21H21NO10S2. The van der Waals surface area contributed by atoms with Crippen LogP contribution in [0.15, 0.2) is 52.3 Å². The molecule has 13 heteroatoms. The number of phenols is 1. The molecule has 0 fully saturated rings. The number of ether oxygens (including phenoxy) is 2. The molecule has 0 saturated heterocycles. The Morgan fingerprint density at radius 3 is 2.18 bits per heavy atom. The third kappa shape index (κ3) is 5.22. The Balaban J connectivity index is 2.20. The molecule has 0 aliphatic rings. The Morgan fingerprint density at radius 2 is 1.59 bits per heavy atom. The van der Waals surface area contributed by atoms with Crippen LogP contribution < -0.4 is 14.8 Å². The highest BCUT2D eigenvalue weighted by molar-refractivity contribution is 7.86. The van der Waals surface area contributed by atoms with Gasteiger partial charge in [0.25, 0.3) is 26.1 Å². The molecule has 3 rings (SSSR count). The lowest BCUT2D eigenvalue weighted by Crippen LogP contribution is -2.15. The van der Waals surface area contributed by atoms with Gasteiger partial charge in [0.05, 0.1) is 29.4 Å². The average Bonchev–Trinajstić information content (AvgIpc) is 2.73. The van der Waals surface area contributed by atoms with Crippen LogP contribution in [0.4, 0.5) is 5.69 Å². The molecule has 3 aromatic rings. The maximum Gasteiger partial charge on any atom is 0.295 e. The van der Waals surface area contributed by atoms with Gasteiger partial charge in [0.2, 0.25) is 0 Å². The first-order valence-electron chi connectivity index (χ1n) is 9.82. The lowest BCUT2D eigenvalue weighted by molar-refractivity contribution is 0.102. The molecule has 0 radical (unpaired) electrons. The highest BCUT2D eigenvalue weighted by atomic mass is 32.2. The number of phenolic OH excluding ortho intramolecular Hbond substituents is 1. The second-order valence-corrected chi connectivity index (χ2v) is 9.72. The van der Waals surface area contributed by atoms with Crippen molar-refractivity contribution in [3.8, 4) is 17.2 Å². The number of nitrogens with one attached hydrogen (secondary N) is 1. The van der Waals surface area contributed by atoms with Crippen molar-refractivity contribution in [3.05, 3.63) is 48.0 Å². The smallest absolute Gasteiger partial charge is 0.295 e. The van der Waals surface area contributed by atoms with Gasteiger partial charge in [0, 0.05) is 16.8 Å². The Labute approximate surface area is 195 Å². The summed E-state index contributed by atoms with van der Waals surface area (Å²) in [6, 6.07) is 8.06. The second-order valence-electron chi connectivity index (χ2n) is 6.90. The second kappa shape index (κ2) is 9.46. The number of fused-ring (bicyclic) bond motifs is 1. The molecule has 0 unspecified atom stereocenters. The zero-order valence-electron chi connectivity index (χ0n) is 18.0. The summed E-state index contributed by atoms with van der Waals surface area (Å²) in [5, 5.41) is 12.3. The summed E-state index contributed by atoms with van der Waals surface area (Å²) >= 11 is 0. The highest BCUT2D eigenvalue weighted by Gasteiger charge is 2.24. The highest BCUT2D eigenvalue weighted by Crippen LogP contribution is 2.38. The molecule has 0 aromatic heterocycles. The largest absolute Gasteiger partial charge is 0.507 e. The minimum absolute atomic E-state index is 0.0776. The maximum absolute atomic E-state index is 13.1. The molecule has 0 spiro atoms. The first-order valence-corrected chi connectivity index (χ1v) is 12.7. The Kier molecular flexibility index (Phi) is 7.02. The van der Waals surface area contributed by atoms with Crippen molar-refractivity contribution in [2.75, 3.05) is 18.5 Å². The summed E-state index contributed by atoms with van der Waals surface area (Å²) in [4.78, 5) is 11.5. The quantitative estimate of drug-likeness (QED) is 0.329. The summed E-state index contributed by atoms with van der Waals surface area (Å²) in [6.45, 7) is 4.10. The Hall–Kier alpha value is -3.39. The fourth-order valence-electron chi connectivity index (χ4n) is 3.30. The van der Waals surface area contributed by atoms with Crippen molar-refractivity contribution >= 4 is 42.6 Å². The summed E-state index contributed by atoms with van der Waals surface area (Å²) in [5.41, 5.74) is -0.0232. The summed E-state index contributed by atoms with van der Waals surface area (Å²) < 4.78 is 76.6. The van der Waals surface area contributed by atoms with E-state index in [1.54, 1.807) is 26.0 Å². The molecule has 3 aromatic carbocycles. The van der Waals surface area contributed by atoms with Crippen LogP contribution in [-0.2, 0) is 20.2 Å². The van der Waals surface area contributed by atoms with E-state index in [0.717, 1.165) is 18.2 Å². The van der Waals surface area contributed by atoms with E-state index in [1.165, 1.54) is 6.07 Å². The molecule has 11 nitrogen and oxygen atoms in total. The average molecular weight is 512 g/mol. The summed E-state index contributed by atoms with van der Waals surface area (Å²) in [6.07, 6.45) is 0. The molecule has 0 saturated carbocycles. The van der Waals surface area contributed by atoms with Crippen LogP contribution in [0.1, 0.15) is 24.2 Å². The number of hydrogen-bond donors (Lipinski definition) is 4. The predicted molar refractivity (Wildman–Crippen MR) is 122 cm³/mol. The van der Waals surface area contributed by atoms with Crippen LogP contribution in [0.25, 0.3) is 10.8 Å². The van der Waals surface area contributed by atoms with Crippen LogP contribution in [0, 0.1) is 0 Å². The van der Waals surface area contributed by atoms with Crippen LogP contribution in [0.5, 0.6) is 17.2 Å². The third-order valence-corrected chi connectivity index (χ3v) is 6.40. The summed E-state index contributed by atoms with van der Waals surface area (Å²) in [5.74, 6) is -0.841. The number of carbonyl (C=O) groups is 1. The van der Waals surface area contributed by atoms with Gasteiger partial charge in [-0.1, -0.05) is 0 Å². The van der Waals surface area contributed by atoms with E-state index in [0.29, 0.717) is 18.4 Å². The van der Waals surface area contributed by atoms with Gasteiger partial charge >= 0.3 is 0 Å². The molecule has 0 aliphatic heterocycles. The van der Waals surface area contributed by atoms with E-state index in [9.17, 15) is 35.8 Å². The van der Waals surface area contributed by atoms with Gasteiger partial charge in [0.15, 0.2) is 0 Å². The third-order valence-electron chi connectivity index (χ3n) is 4.66. The van der Waals surface area contributed by atoms with Gasteiger partial charge in [-0.05, 0) is 50.2 Å². The number of hydrogen-bond acceptors (Lipinski definition) is 8. The van der Waals surface area contributed by atoms with Crippen LogP contribution in [-0.4, -0.2) is 50.2 Å². The standard InChI is InChI=1S/C21H21NO10S2/c1-3-31-12-5-7-18(32-4-2)14(9-12)21(24)22-16-6-8-19(34(28,29)30)15-10-13(33(25,26)27)11-17(23)20(15)16/h5-11,23H,3-4H2,1-2H3,(H,22,24)(H,25,26,27)(H,28,29,30). The number of amides is 1. The molecule has 0 heterocycles. The van der Waals surface area contributed by atoms with Crippen molar-refractivity contribution in [1.29, 1.82) is 0 Å². The van der Waals surface area contributed by atoms with Crippen LogP contribution in [0.2, 0.25) is 0 Å². The van der Waals surface area contributed by atoms with E-state index in [-0.39, 0.29) is 29.0 Å². The van der Waals surface area contributed by atoms with Crippen molar-refractivity contribution in [2.45, 2.75) is 23.6 Å². The minimum Gasteiger partial charge on any atom is -0.507 e. The van der Waals surface area contributed by atoms with Crippen molar-refractivity contribution in [2.24, 2.45) is 0 Å². The molecule has 34 heavy (non-hydrogen) atoms. The van der Waals surface area contributed by atoms with E-state index in [2.05, 4.69) is 5.32 Å². The number of aromatic hydroxyl groups is 1. The van der Waals surface area contributed by atoms with Gasteiger partial charge in [-0.15, -0.1) is 0 Å². The maximum atomic E-state index is 13.1. The fraction of sp³-hybridized carbons (Fsp3) is 0.190. The molecule has 182 valence electrons. The lowest BCUT2D eigenvalue weighted by atomic mass is 10.1. The van der Waals surface area contributed by atoms with Crippen molar-refractivity contribution in [1.82, 2.24) is 0 Å². The van der Waals surface area contributed by atoms with E-state index < -0.39 is 47.1 Å². The van der Waals surface area contributed by atoms with Gasteiger partial charge < -0.3 is 19.9 Å². The van der Waals surface area contributed by atoms with Gasteiger partial charge in [0.1, 0.15) is 22.1 Å². The number of benzene rings is 3.